The normalized spacial score (nSPS) is 13.9. The Hall–Kier alpha value is -2.19. The van der Waals surface area contributed by atoms with Crippen molar-refractivity contribution in [3.8, 4) is 0 Å². The zero-order valence-electron chi connectivity index (χ0n) is 14.4. The first-order valence-electron chi connectivity index (χ1n) is 8.45. The van der Waals surface area contributed by atoms with Crippen molar-refractivity contribution in [2.75, 3.05) is 25.0 Å². The number of hydrogen-bond donors (Lipinski definition) is 2. The Bertz CT molecular complexity index is 793. The summed E-state index contributed by atoms with van der Waals surface area (Å²) in [6.07, 6.45) is 3.87. The van der Waals surface area contributed by atoms with Crippen LogP contribution in [0.1, 0.15) is 34.6 Å². The number of amides is 2. The number of carbonyl (C=O) groups excluding carboxylic acids is 2. The molecular formula is C17H20ClN5O2S. The number of nitrogens with zero attached hydrogens (tertiary/aromatic N) is 3. The highest BCUT2D eigenvalue weighted by Crippen LogP contribution is 2.25. The molecule has 3 heterocycles. The average Bonchev–Trinajstić information content (AvgIpc) is 3.19. The maximum atomic E-state index is 12.4. The Balaban J connectivity index is 1.50. The van der Waals surface area contributed by atoms with Crippen molar-refractivity contribution in [1.29, 1.82) is 0 Å². The van der Waals surface area contributed by atoms with Crippen molar-refractivity contribution in [3.63, 3.8) is 0 Å². The number of thiazole rings is 1. The van der Waals surface area contributed by atoms with Crippen LogP contribution >= 0.6 is 22.9 Å². The van der Waals surface area contributed by atoms with Gasteiger partial charge in [0.1, 0.15) is 10.7 Å². The zero-order chi connectivity index (χ0) is 18.5. The molecule has 0 atom stereocenters. The summed E-state index contributed by atoms with van der Waals surface area (Å²) >= 11 is 7.10. The van der Waals surface area contributed by atoms with Crippen LogP contribution in [-0.2, 0) is 4.79 Å². The predicted octanol–water partition coefficient (Wildman–Crippen LogP) is 2.99. The van der Waals surface area contributed by atoms with Gasteiger partial charge in [0, 0.05) is 32.3 Å². The number of anilines is 2. The number of halogens is 1. The van der Waals surface area contributed by atoms with E-state index in [1.54, 1.807) is 25.3 Å². The second-order valence-corrected chi connectivity index (χ2v) is 7.45. The first kappa shape index (κ1) is 18.6. The van der Waals surface area contributed by atoms with E-state index < -0.39 is 0 Å². The van der Waals surface area contributed by atoms with E-state index in [-0.39, 0.29) is 11.8 Å². The zero-order valence-corrected chi connectivity index (χ0v) is 16.0. The largest absolute Gasteiger partial charge is 0.351 e. The van der Waals surface area contributed by atoms with Gasteiger partial charge in [0.15, 0.2) is 5.13 Å². The molecule has 0 aromatic carbocycles. The molecule has 0 saturated carbocycles. The summed E-state index contributed by atoms with van der Waals surface area (Å²) in [7, 11) is 0. The number of likely N-dealkylation sites (tertiary alicyclic amines) is 1. The summed E-state index contributed by atoms with van der Waals surface area (Å²) in [5.41, 5.74) is 0.665. The summed E-state index contributed by atoms with van der Waals surface area (Å²) < 4.78 is 0. The van der Waals surface area contributed by atoms with Gasteiger partial charge in [-0.15, -0.1) is 0 Å². The van der Waals surface area contributed by atoms with Gasteiger partial charge in [0.25, 0.3) is 5.91 Å². The van der Waals surface area contributed by atoms with Gasteiger partial charge in [-0.3, -0.25) is 9.59 Å². The van der Waals surface area contributed by atoms with Crippen LogP contribution < -0.4 is 10.6 Å². The molecule has 0 unspecified atom stereocenters. The Kier molecular flexibility index (Phi) is 6.05. The fourth-order valence-corrected chi connectivity index (χ4v) is 3.71. The van der Waals surface area contributed by atoms with Crippen molar-refractivity contribution >= 4 is 45.7 Å². The number of carbonyl (C=O) groups is 2. The molecule has 2 aromatic heterocycles. The summed E-state index contributed by atoms with van der Waals surface area (Å²) in [4.78, 5) is 34.9. The van der Waals surface area contributed by atoms with E-state index in [9.17, 15) is 9.59 Å². The summed E-state index contributed by atoms with van der Waals surface area (Å²) in [6, 6.07) is 3.48. The monoisotopic (exact) mass is 393 g/mol. The third-order valence-corrected chi connectivity index (χ3v) is 5.32. The molecule has 3 rings (SSSR count). The first-order valence-corrected chi connectivity index (χ1v) is 9.64. The van der Waals surface area contributed by atoms with Crippen LogP contribution in [0.5, 0.6) is 0 Å². The second kappa shape index (κ2) is 8.46. The fraction of sp³-hybridized carbons (Fsp3) is 0.412. The van der Waals surface area contributed by atoms with Crippen molar-refractivity contribution in [3.05, 3.63) is 33.9 Å². The van der Waals surface area contributed by atoms with Crippen molar-refractivity contribution < 1.29 is 9.59 Å². The molecule has 2 aromatic rings. The van der Waals surface area contributed by atoms with E-state index >= 15 is 0 Å². The fourth-order valence-electron chi connectivity index (χ4n) is 2.71. The van der Waals surface area contributed by atoms with Gasteiger partial charge in [-0.25, -0.2) is 9.97 Å². The van der Waals surface area contributed by atoms with Gasteiger partial charge in [-0.05, 0) is 31.9 Å². The number of rotatable bonds is 7. The molecule has 138 valence electrons. The lowest BCUT2D eigenvalue weighted by Crippen LogP contribution is -2.30. The van der Waals surface area contributed by atoms with Crippen LogP contribution in [0.3, 0.4) is 0 Å². The van der Waals surface area contributed by atoms with E-state index in [1.807, 2.05) is 4.90 Å². The number of aromatic nitrogens is 2. The minimum absolute atomic E-state index is 0.148. The number of aryl methyl sites for hydroxylation is 1. The molecule has 0 spiro atoms. The van der Waals surface area contributed by atoms with Gasteiger partial charge >= 0.3 is 0 Å². The molecular weight excluding hydrogens is 374 g/mol. The quantitative estimate of drug-likeness (QED) is 0.706. The Morgan fingerprint density at radius 2 is 2.27 bits per heavy atom. The highest BCUT2D eigenvalue weighted by atomic mass is 35.5. The molecule has 0 aliphatic carbocycles. The van der Waals surface area contributed by atoms with E-state index in [1.165, 1.54) is 11.3 Å². The molecule has 1 saturated heterocycles. The summed E-state index contributed by atoms with van der Waals surface area (Å²) in [5.74, 6) is 0.677. The van der Waals surface area contributed by atoms with Gasteiger partial charge in [-0.1, -0.05) is 22.9 Å². The van der Waals surface area contributed by atoms with Crippen LogP contribution in [0, 0.1) is 6.92 Å². The van der Waals surface area contributed by atoms with Crippen LogP contribution in [0.4, 0.5) is 10.9 Å². The minimum Gasteiger partial charge on any atom is -0.351 e. The third kappa shape index (κ3) is 4.70. The lowest BCUT2D eigenvalue weighted by atomic mass is 10.3. The van der Waals surface area contributed by atoms with E-state index in [0.717, 1.165) is 19.4 Å². The maximum Gasteiger partial charge on any atom is 0.263 e. The average molecular weight is 394 g/mol. The number of nitrogens with one attached hydrogen (secondary N) is 2. The SMILES string of the molecule is Cc1nc(Nc2ccc(Cl)cn2)sc1C(=O)NCCCN1CCCC1=O. The van der Waals surface area contributed by atoms with Crippen molar-refractivity contribution in [2.24, 2.45) is 0 Å². The van der Waals surface area contributed by atoms with Crippen molar-refractivity contribution in [1.82, 2.24) is 20.2 Å². The lowest BCUT2D eigenvalue weighted by molar-refractivity contribution is -0.127. The Morgan fingerprint density at radius 3 is 2.96 bits per heavy atom. The molecule has 0 radical (unpaired) electrons. The van der Waals surface area contributed by atoms with E-state index in [0.29, 0.717) is 46.1 Å². The van der Waals surface area contributed by atoms with Gasteiger partial charge in [-0.2, -0.15) is 0 Å². The van der Waals surface area contributed by atoms with Crippen LogP contribution in [0.25, 0.3) is 0 Å². The lowest BCUT2D eigenvalue weighted by Gasteiger charge is -2.15. The summed E-state index contributed by atoms with van der Waals surface area (Å²) in [6.45, 7) is 3.85. The van der Waals surface area contributed by atoms with Gasteiger partial charge < -0.3 is 15.5 Å². The highest BCUT2D eigenvalue weighted by Gasteiger charge is 2.19. The van der Waals surface area contributed by atoms with E-state index in [4.69, 9.17) is 11.6 Å². The van der Waals surface area contributed by atoms with E-state index in [2.05, 4.69) is 20.6 Å². The molecule has 0 bridgehead atoms. The van der Waals surface area contributed by atoms with Crippen LogP contribution in [0.15, 0.2) is 18.3 Å². The van der Waals surface area contributed by atoms with Crippen molar-refractivity contribution in [2.45, 2.75) is 26.2 Å². The molecule has 9 heteroatoms. The molecule has 1 aliphatic rings. The maximum absolute atomic E-state index is 12.4. The molecule has 2 amide bonds. The highest BCUT2D eigenvalue weighted by molar-refractivity contribution is 7.17. The standard InChI is InChI=1S/C17H20ClN5O2S/c1-11-15(16(25)19-7-3-9-23-8-2-4-14(23)24)26-17(21-11)22-13-6-5-12(18)10-20-13/h5-6,10H,2-4,7-9H2,1H3,(H,19,25)(H,20,21,22). The third-order valence-electron chi connectivity index (χ3n) is 4.03. The molecule has 1 fully saturated rings. The van der Waals surface area contributed by atoms with Crippen LogP contribution in [-0.4, -0.2) is 46.3 Å². The first-order chi connectivity index (χ1) is 12.5. The second-order valence-electron chi connectivity index (χ2n) is 6.01. The molecule has 1 aliphatic heterocycles. The summed E-state index contributed by atoms with van der Waals surface area (Å²) in [5, 5.41) is 7.12. The Morgan fingerprint density at radius 1 is 1.42 bits per heavy atom. The number of pyridine rings is 1. The minimum atomic E-state index is -0.148. The smallest absolute Gasteiger partial charge is 0.263 e. The predicted molar refractivity (Wildman–Crippen MR) is 102 cm³/mol. The topological polar surface area (TPSA) is 87.2 Å². The number of hydrogen-bond acceptors (Lipinski definition) is 6. The molecule has 26 heavy (non-hydrogen) atoms. The van der Waals surface area contributed by atoms with Gasteiger partial charge in [0.05, 0.1) is 10.7 Å². The molecule has 7 nitrogen and oxygen atoms in total. The Labute approximate surface area is 160 Å². The van der Waals surface area contributed by atoms with Gasteiger partial charge in [0.2, 0.25) is 5.91 Å². The van der Waals surface area contributed by atoms with Crippen LogP contribution in [0.2, 0.25) is 5.02 Å². The molecule has 2 N–H and O–H groups in total.